The Morgan fingerprint density at radius 3 is 1.40 bits per heavy atom. The van der Waals surface area contributed by atoms with Crippen LogP contribution in [0.25, 0.3) is 0 Å². The van der Waals surface area contributed by atoms with Crippen LogP contribution >= 0.6 is 7.82 Å². The molecule has 350 valence electrons. The van der Waals surface area contributed by atoms with Gasteiger partial charge in [-0.15, -0.1) is 0 Å². The molecule has 0 spiro atoms. The van der Waals surface area contributed by atoms with Gasteiger partial charge in [-0.25, -0.2) is 0 Å². The minimum Gasteiger partial charge on any atom is -0.756 e. The van der Waals surface area contributed by atoms with Crippen molar-refractivity contribution >= 4 is 19.8 Å². The highest BCUT2D eigenvalue weighted by Crippen LogP contribution is 2.38. The maximum atomic E-state index is 12.7. The van der Waals surface area contributed by atoms with Crippen LogP contribution in [0.1, 0.15) is 206 Å². The first-order valence-corrected chi connectivity index (χ1v) is 25.8. The van der Waals surface area contributed by atoms with E-state index in [1.807, 2.05) is 21.1 Å². The molecule has 0 saturated heterocycles. The van der Waals surface area contributed by atoms with E-state index < -0.39 is 32.5 Å². The van der Waals surface area contributed by atoms with Gasteiger partial charge in [0.15, 0.2) is 6.10 Å². The molecule has 0 aliphatic carbocycles. The number of ether oxygens (including phenoxy) is 2. The van der Waals surface area contributed by atoms with E-state index in [0.29, 0.717) is 23.9 Å². The summed E-state index contributed by atoms with van der Waals surface area (Å²) in [5.74, 6) is -0.865. The minimum atomic E-state index is -4.63. The molecule has 10 heteroatoms. The Balaban J connectivity index is 4.33. The Kier molecular flexibility index (Phi) is 40.8. The van der Waals surface area contributed by atoms with E-state index in [2.05, 4.69) is 62.5 Å². The van der Waals surface area contributed by atoms with E-state index in [9.17, 15) is 19.0 Å². The number of allylic oxidation sites excluding steroid dienone is 8. The second kappa shape index (κ2) is 42.3. The van der Waals surface area contributed by atoms with Gasteiger partial charge in [-0.3, -0.25) is 14.2 Å². The summed E-state index contributed by atoms with van der Waals surface area (Å²) in [5, 5.41) is 0. The molecule has 9 nitrogen and oxygen atoms in total. The van der Waals surface area contributed by atoms with Crippen molar-refractivity contribution in [1.29, 1.82) is 0 Å². The molecule has 1 unspecified atom stereocenters. The monoisotopic (exact) mass is 866 g/mol. The molecule has 0 N–H and O–H groups in total. The molecule has 0 aliphatic heterocycles. The summed E-state index contributed by atoms with van der Waals surface area (Å²) >= 11 is 0. The topological polar surface area (TPSA) is 111 Å². The standard InChI is InChI=1S/C50H92NO8P/c1-6-8-10-12-14-16-18-20-22-24-25-27-29-31-33-35-37-39-41-43-50(53)59-48(47-58-60(54,55)57-45-44-51(3,4)5)46-56-49(52)42-40-38-36-34-32-30-28-26-23-21-19-17-15-13-11-9-7-2/h11,13,17,19,23,26,30,32,48H,6-10,12,14-16,18,20-22,24-25,27-29,31,33-47H2,1-5H3/b13-11+,19-17+,26-23+,32-30+/t48-/m1/s1. The number of phosphoric ester groups is 1. The van der Waals surface area contributed by atoms with Crippen molar-refractivity contribution in [3.63, 3.8) is 0 Å². The fourth-order valence-electron chi connectivity index (χ4n) is 6.53. The van der Waals surface area contributed by atoms with Crippen LogP contribution in [0.5, 0.6) is 0 Å². The summed E-state index contributed by atoms with van der Waals surface area (Å²) in [6.07, 6.45) is 49.9. The van der Waals surface area contributed by atoms with E-state index in [1.165, 1.54) is 103 Å². The molecule has 0 aromatic heterocycles. The number of carbonyl (C=O) groups excluding carboxylic acids is 2. The van der Waals surface area contributed by atoms with Gasteiger partial charge in [-0.2, -0.15) is 0 Å². The Labute approximate surface area is 369 Å². The second-order valence-electron chi connectivity index (χ2n) is 17.5. The number of phosphoric acid groups is 1. The molecular weight excluding hydrogens is 774 g/mol. The number of hydrogen-bond donors (Lipinski definition) is 0. The largest absolute Gasteiger partial charge is 0.756 e. The van der Waals surface area contributed by atoms with E-state index >= 15 is 0 Å². The fraction of sp³-hybridized carbons (Fsp3) is 0.800. The molecule has 0 aromatic rings. The average molecular weight is 866 g/mol. The molecule has 0 saturated carbocycles. The van der Waals surface area contributed by atoms with Crippen LogP contribution in [0.3, 0.4) is 0 Å². The summed E-state index contributed by atoms with van der Waals surface area (Å²) < 4.78 is 34.0. The van der Waals surface area contributed by atoms with Gasteiger partial charge in [0.25, 0.3) is 7.82 Å². The minimum absolute atomic E-state index is 0.0363. The molecule has 60 heavy (non-hydrogen) atoms. The summed E-state index contributed by atoms with van der Waals surface area (Å²) in [4.78, 5) is 37.6. The van der Waals surface area contributed by atoms with Gasteiger partial charge in [-0.05, 0) is 51.4 Å². The fourth-order valence-corrected chi connectivity index (χ4v) is 7.26. The highest BCUT2D eigenvalue weighted by molar-refractivity contribution is 7.45. The van der Waals surface area contributed by atoms with Crippen molar-refractivity contribution in [2.45, 2.75) is 213 Å². The number of nitrogens with zero attached hydrogens (tertiary/aromatic N) is 1. The number of carbonyl (C=O) groups is 2. The predicted molar refractivity (Wildman–Crippen MR) is 250 cm³/mol. The number of hydrogen-bond acceptors (Lipinski definition) is 8. The molecule has 0 rings (SSSR count). The van der Waals surface area contributed by atoms with E-state index in [1.54, 1.807) is 0 Å². The number of unbranched alkanes of at least 4 members (excludes halogenated alkanes) is 22. The highest BCUT2D eigenvalue weighted by Gasteiger charge is 2.21. The molecule has 0 aromatic carbocycles. The molecule has 0 radical (unpaired) electrons. The lowest BCUT2D eigenvalue weighted by Crippen LogP contribution is -2.37. The van der Waals surface area contributed by atoms with Crippen LogP contribution in [0.2, 0.25) is 0 Å². The third-order valence-corrected chi connectivity index (χ3v) is 11.3. The molecular formula is C50H92NO8P. The summed E-state index contributed by atoms with van der Waals surface area (Å²) in [6.45, 7) is 4.14. The van der Waals surface area contributed by atoms with Crippen LogP contribution in [-0.4, -0.2) is 70.0 Å². The maximum Gasteiger partial charge on any atom is 0.306 e. The zero-order valence-electron chi connectivity index (χ0n) is 39.4. The Morgan fingerprint density at radius 1 is 0.517 bits per heavy atom. The SMILES string of the molecule is CCC/C=C/C/C=C/C/C=C/C/C=C/CCCCCC(=O)OC[C@H](COP(=O)([O-])OCC[N+](C)(C)C)OC(=O)CCCCCCCCCCCCCCCCCCCCC. The third kappa shape index (κ3) is 45.5. The highest BCUT2D eigenvalue weighted by atomic mass is 31.2. The lowest BCUT2D eigenvalue weighted by Gasteiger charge is -2.28. The van der Waals surface area contributed by atoms with Crippen LogP contribution in [0, 0.1) is 0 Å². The van der Waals surface area contributed by atoms with Crippen molar-refractivity contribution < 1.29 is 42.1 Å². The smallest absolute Gasteiger partial charge is 0.306 e. The van der Waals surface area contributed by atoms with Crippen LogP contribution in [-0.2, 0) is 32.7 Å². The van der Waals surface area contributed by atoms with Crippen molar-refractivity contribution in [1.82, 2.24) is 0 Å². The van der Waals surface area contributed by atoms with Crippen LogP contribution in [0.15, 0.2) is 48.6 Å². The van der Waals surface area contributed by atoms with Gasteiger partial charge in [0.1, 0.15) is 19.8 Å². The lowest BCUT2D eigenvalue weighted by atomic mass is 10.0. The zero-order chi connectivity index (χ0) is 44.3. The van der Waals surface area contributed by atoms with E-state index in [4.69, 9.17) is 18.5 Å². The average Bonchev–Trinajstić information content (AvgIpc) is 3.20. The molecule has 0 heterocycles. The summed E-state index contributed by atoms with van der Waals surface area (Å²) in [5.41, 5.74) is 0. The van der Waals surface area contributed by atoms with Gasteiger partial charge < -0.3 is 27.9 Å². The van der Waals surface area contributed by atoms with Crippen molar-refractivity contribution in [2.75, 3.05) is 47.5 Å². The third-order valence-electron chi connectivity index (χ3n) is 10.3. The first kappa shape index (κ1) is 58.0. The number of rotatable bonds is 44. The number of quaternary nitrogens is 1. The normalized spacial score (nSPS) is 13.9. The molecule has 0 fully saturated rings. The Bertz CT molecular complexity index is 1160. The summed E-state index contributed by atoms with van der Waals surface area (Å²) in [7, 11) is 1.15. The first-order valence-electron chi connectivity index (χ1n) is 24.3. The second-order valence-corrected chi connectivity index (χ2v) is 18.9. The number of likely N-dealkylation sites (N-methyl/N-ethyl adjacent to an activating group) is 1. The van der Waals surface area contributed by atoms with Crippen molar-refractivity contribution in [3.8, 4) is 0 Å². The van der Waals surface area contributed by atoms with E-state index in [0.717, 1.165) is 64.2 Å². The van der Waals surface area contributed by atoms with Crippen molar-refractivity contribution in [3.05, 3.63) is 48.6 Å². The quantitative estimate of drug-likeness (QED) is 0.0196. The predicted octanol–water partition coefficient (Wildman–Crippen LogP) is 13.6. The molecule has 0 bridgehead atoms. The molecule has 0 aliphatic rings. The number of esters is 2. The molecule has 2 atom stereocenters. The van der Waals surface area contributed by atoms with Gasteiger partial charge in [0.05, 0.1) is 27.7 Å². The van der Waals surface area contributed by atoms with Gasteiger partial charge in [0, 0.05) is 12.8 Å². The molecule has 0 amide bonds. The first-order chi connectivity index (χ1) is 29.0. The van der Waals surface area contributed by atoms with Crippen LogP contribution in [0.4, 0.5) is 0 Å². The van der Waals surface area contributed by atoms with Crippen molar-refractivity contribution in [2.24, 2.45) is 0 Å². The Morgan fingerprint density at radius 2 is 0.933 bits per heavy atom. The van der Waals surface area contributed by atoms with Gasteiger partial charge in [-0.1, -0.05) is 191 Å². The zero-order valence-corrected chi connectivity index (χ0v) is 40.3. The lowest BCUT2D eigenvalue weighted by molar-refractivity contribution is -0.870. The van der Waals surface area contributed by atoms with Crippen LogP contribution < -0.4 is 4.89 Å². The summed E-state index contributed by atoms with van der Waals surface area (Å²) in [6, 6.07) is 0. The van der Waals surface area contributed by atoms with E-state index in [-0.39, 0.29) is 26.1 Å². The van der Waals surface area contributed by atoms with Gasteiger partial charge in [0.2, 0.25) is 0 Å². The maximum absolute atomic E-state index is 12.7. The Hall–Kier alpha value is -2.03. The van der Waals surface area contributed by atoms with Gasteiger partial charge >= 0.3 is 11.9 Å².